The van der Waals surface area contributed by atoms with Gasteiger partial charge in [-0.1, -0.05) is 23.8 Å². The van der Waals surface area contributed by atoms with E-state index in [1.165, 1.54) is 17.5 Å². The van der Waals surface area contributed by atoms with Gasteiger partial charge in [-0.3, -0.25) is 0 Å². The van der Waals surface area contributed by atoms with Crippen LogP contribution in [0.1, 0.15) is 64.2 Å². The van der Waals surface area contributed by atoms with E-state index in [1.807, 2.05) is 0 Å². The highest BCUT2D eigenvalue weighted by Crippen LogP contribution is 2.37. The van der Waals surface area contributed by atoms with E-state index in [9.17, 15) is 0 Å². The lowest BCUT2D eigenvalue weighted by atomic mass is 9.73. The molecular formula is C18H27BO3. The third kappa shape index (κ3) is 2.84. The molecule has 0 amide bonds. The molecule has 2 saturated heterocycles. The molecule has 3 nitrogen and oxygen atoms in total. The molecule has 0 saturated carbocycles. The van der Waals surface area contributed by atoms with Crippen LogP contribution in [0.15, 0.2) is 18.2 Å². The Labute approximate surface area is 134 Å². The predicted octanol–water partition coefficient (Wildman–Crippen LogP) is 3.54. The van der Waals surface area contributed by atoms with Crippen LogP contribution in [-0.4, -0.2) is 24.9 Å². The summed E-state index contributed by atoms with van der Waals surface area (Å²) in [4.78, 5) is 0. The molecule has 0 spiro atoms. The Morgan fingerprint density at radius 3 is 2.32 bits per heavy atom. The van der Waals surface area contributed by atoms with E-state index in [4.69, 9.17) is 14.0 Å². The van der Waals surface area contributed by atoms with Gasteiger partial charge in [0.2, 0.25) is 0 Å². The summed E-state index contributed by atoms with van der Waals surface area (Å²) < 4.78 is 18.5. The highest BCUT2D eigenvalue weighted by molar-refractivity contribution is 6.62. The van der Waals surface area contributed by atoms with Gasteiger partial charge in [-0.15, -0.1) is 0 Å². The van der Waals surface area contributed by atoms with E-state index in [1.54, 1.807) is 0 Å². The molecule has 22 heavy (non-hydrogen) atoms. The molecule has 0 aliphatic carbocycles. The molecule has 0 N–H and O–H groups in total. The minimum Gasteiger partial charge on any atom is -0.399 e. The number of rotatable bonds is 2. The average Bonchev–Trinajstić information content (AvgIpc) is 2.68. The monoisotopic (exact) mass is 302 g/mol. The van der Waals surface area contributed by atoms with E-state index in [-0.39, 0.29) is 24.4 Å². The number of hydrogen-bond donors (Lipinski definition) is 0. The molecule has 2 fully saturated rings. The van der Waals surface area contributed by atoms with Crippen LogP contribution in [0.25, 0.3) is 0 Å². The summed E-state index contributed by atoms with van der Waals surface area (Å²) in [5.41, 5.74) is 2.96. The van der Waals surface area contributed by atoms with Gasteiger partial charge in [0.15, 0.2) is 0 Å². The van der Waals surface area contributed by atoms with Crippen LogP contribution < -0.4 is 5.46 Å². The van der Waals surface area contributed by atoms with Crippen molar-refractivity contribution in [2.75, 3.05) is 6.61 Å². The Balaban J connectivity index is 1.94. The zero-order chi connectivity index (χ0) is 16.0. The zero-order valence-electron chi connectivity index (χ0n) is 14.4. The third-order valence-electron chi connectivity index (χ3n) is 5.28. The van der Waals surface area contributed by atoms with Crippen molar-refractivity contribution in [3.63, 3.8) is 0 Å². The number of benzene rings is 1. The molecule has 2 aliphatic heterocycles. The van der Waals surface area contributed by atoms with Crippen molar-refractivity contribution in [3.8, 4) is 0 Å². The fraction of sp³-hybridized carbons (Fsp3) is 0.667. The van der Waals surface area contributed by atoms with Crippen molar-refractivity contribution >= 4 is 12.6 Å². The maximum Gasteiger partial charge on any atom is 0.495 e. The Kier molecular flexibility index (Phi) is 4.13. The summed E-state index contributed by atoms with van der Waals surface area (Å²) in [5.74, 6) is 0. The van der Waals surface area contributed by atoms with Gasteiger partial charge in [-0.05, 0) is 64.9 Å². The summed E-state index contributed by atoms with van der Waals surface area (Å²) in [6, 6.07) is 6.53. The molecule has 0 radical (unpaired) electrons. The minimum absolute atomic E-state index is 0.170. The maximum atomic E-state index is 6.26. The lowest BCUT2D eigenvalue weighted by Crippen LogP contribution is -2.41. The Bertz CT molecular complexity index is 531. The molecule has 2 aliphatic rings. The van der Waals surface area contributed by atoms with Crippen molar-refractivity contribution in [2.24, 2.45) is 0 Å². The molecule has 1 atom stereocenters. The first-order valence-corrected chi connectivity index (χ1v) is 8.38. The van der Waals surface area contributed by atoms with Gasteiger partial charge in [-0.25, -0.2) is 0 Å². The second kappa shape index (κ2) is 5.66. The molecule has 1 aromatic carbocycles. The fourth-order valence-corrected chi connectivity index (χ4v) is 3.15. The molecule has 0 bridgehead atoms. The molecule has 2 heterocycles. The van der Waals surface area contributed by atoms with Gasteiger partial charge in [0.05, 0.1) is 17.3 Å². The van der Waals surface area contributed by atoms with E-state index < -0.39 is 0 Å². The Morgan fingerprint density at radius 2 is 1.73 bits per heavy atom. The van der Waals surface area contributed by atoms with E-state index in [2.05, 4.69) is 52.8 Å². The normalized spacial score (nSPS) is 27.1. The highest BCUT2D eigenvalue weighted by Gasteiger charge is 2.52. The summed E-state index contributed by atoms with van der Waals surface area (Å²) in [7, 11) is -0.314. The minimum atomic E-state index is -0.314. The SMILES string of the molecule is Cc1ccc(C2CCCCO2)c(B2OC(C)(C)C(C)(C)O2)c1. The van der Waals surface area contributed by atoms with Gasteiger partial charge in [-0.2, -0.15) is 0 Å². The molecular weight excluding hydrogens is 275 g/mol. The number of aryl methyl sites for hydroxylation is 1. The van der Waals surface area contributed by atoms with Crippen molar-refractivity contribution in [1.29, 1.82) is 0 Å². The van der Waals surface area contributed by atoms with Crippen LogP contribution in [0.5, 0.6) is 0 Å². The van der Waals surface area contributed by atoms with E-state index in [0.29, 0.717) is 0 Å². The largest absolute Gasteiger partial charge is 0.495 e. The third-order valence-corrected chi connectivity index (χ3v) is 5.28. The van der Waals surface area contributed by atoms with Crippen molar-refractivity contribution in [1.82, 2.24) is 0 Å². The second-order valence-electron chi connectivity index (χ2n) is 7.58. The van der Waals surface area contributed by atoms with Gasteiger partial charge < -0.3 is 14.0 Å². The maximum absolute atomic E-state index is 6.26. The quantitative estimate of drug-likeness (QED) is 0.782. The van der Waals surface area contributed by atoms with Crippen molar-refractivity contribution < 1.29 is 14.0 Å². The van der Waals surface area contributed by atoms with Gasteiger partial charge in [0.1, 0.15) is 0 Å². The lowest BCUT2D eigenvalue weighted by molar-refractivity contribution is 0.00578. The smallest absolute Gasteiger partial charge is 0.399 e. The molecule has 120 valence electrons. The van der Waals surface area contributed by atoms with Gasteiger partial charge >= 0.3 is 7.12 Å². The van der Waals surface area contributed by atoms with Crippen molar-refractivity contribution in [3.05, 3.63) is 29.3 Å². The summed E-state index contributed by atoms with van der Waals surface area (Å²) in [5, 5.41) is 0. The molecule has 3 rings (SSSR count). The molecule has 4 heteroatoms. The number of ether oxygens (including phenoxy) is 1. The Hall–Kier alpha value is -0.835. The number of hydrogen-bond acceptors (Lipinski definition) is 3. The lowest BCUT2D eigenvalue weighted by Gasteiger charge is -2.32. The van der Waals surface area contributed by atoms with E-state index in [0.717, 1.165) is 24.9 Å². The first-order chi connectivity index (χ1) is 10.3. The summed E-state index contributed by atoms with van der Waals surface area (Å²) in [6.45, 7) is 11.3. The first-order valence-electron chi connectivity index (χ1n) is 8.38. The van der Waals surface area contributed by atoms with Crippen LogP contribution in [-0.2, 0) is 14.0 Å². The summed E-state index contributed by atoms with van der Waals surface area (Å²) in [6.07, 6.45) is 3.63. The average molecular weight is 302 g/mol. The second-order valence-corrected chi connectivity index (χ2v) is 7.58. The molecule has 1 aromatic rings. The van der Waals surface area contributed by atoms with Gasteiger partial charge in [0, 0.05) is 6.61 Å². The van der Waals surface area contributed by atoms with Crippen LogP contribution >= 0.6 is 0 Å². The molecule has 0 aromatic heterocycles. The van der Waals surface area contributed by atoms with Gasteiger partial charge in [0.25, 0.3) is 0 Å². The van der Waals surface area contributed by atoms with Crippen LogP contribution in [0, 0.1) is 6.92 Å². The Morgan fingerprint density at radius 1 is 1.05 bits per heavy atom. The fourth-order valence-electron chi connectivity index (χ4n) is 3.15. The zero-order valence-corrected chi connectivity index (χ0v) is 14.4. The van der Waals surface area contributed by atoms with Crippen LogP contribution in [0.3, 0.4) is 0 Å². The highest BCUT2D eigenvalue weighted by atomic mass is 16.7. The topological polar surface area (TPSA) is 27.7 Å². The van der Waals surface area contributed by atoms with E-state index >= 15 is 0 Å². The van der Waals surface area contributed by atoms with Crippen LogP contribution in [0.4, 0.5) is 0 Å². The first kappa shape index (κ1) is 16.0. The van der Waals surface area contributed by atoms with Crippen molar-refractivity contribution in [2.45, 2.75) is 71.2 Å². The molecule has 1 unspecified atom stereocenters. The summed E-state index contributed by atoms with van der Waals surface area (Å²) >= 11 is 0. The predicted molar refractivity (Wildman–Crippen MR) is 89.4 cm³/mol. The standard InChI is InChI=1S/C18H27BO3/c1-13-9-10-14(16-8-6-7-11-20-16)15(12-13)19-21-17(2,3)18(4,5)22-19/h9-10,12,16H,6-8,11H2,1-5H3. The van der Waals surface area contributed by atoms with Crippen LogP contribution in [0.2, 0.25) is 0 Å².